The third-order valence-corrected chi connectivity index (χ3v) is 4.40. The number of hydrogen-bond acceptors (Lipinski definition) is 5. The van der Waals surface area contributed by atoms with Crippen molar-refractivity contribution in [2.45, 2.75) is 56.8 Å². The van der Waals surface area contributed by atoms with Crippen LogP contribution in [0.2, 0.25) is 0 Å². The molecule has 1 aromatic rings. The Bertz CT molecular complexity index is 363. The molecular weight excluding hydrogens is 260 g/mol. The molecule has 1 unspecified atom stereocenters. The lowest BCUT2D eigenvalue weighted by molar-refractivity contribution is 0.137. The van der Waals surface area contributed by atoms with Crippen molar-refractivity contribution in [2.75, 3.05) is 12.4 Å². The molecule has 0 aliphatic rings. The highest BCUT2D eigenvalue weighted by molar-refractivity contribution is 7.99. The van der Waals surface area contributed by atoms with Crippen molar-refractivity contribution in [2.24, 2.45) is 7.05 Å². The standard InChI is InChI=1S/C13H26N4OS/c1-5-13(9-18,16-11(2)3)7-6-8-19-12-14-10-15-17(12)4/h10-11,16,18H,5-9H2,1-4H3. The predicted octanol–water partition coefficient (Wildman–Crippen LogP) is 1.83. The molecule has 0 spiro atoms. The number of nitrogens with one attached hydrogen (secondary N) is 1. The van der Waals surface area contributed by atoms with Crippen molar-refractivity contribution >= 4 is 11.8 Å². The molecule has 1 atom stereocenters. The Morgan fingerprint density at radius 1 is 1.53 bits per heavy atom. The van der Waals surface area contributed by atoms with Crippen molar-refractivity contribution < 1.29 is 5.11 Å². The van der Waals surface area contributed by atoms with Crippen LogP contribution in [0.5, 0.6) is 0 Å². The Hall–Kier alpha value is -0.590. The molecule has 19 heavy (non-hydrogen) atoms. The second-order valence-corrected chi connectivity index (χ2v) is 6.27. The average molecular weight is 286 g/mol. The van der Waals surface area contributed by atoms with Crippen LogP contribution in [0.25, 0.3) is 0 Å². The summed E-state index contributed by atoms with van der Waals surface area (Å²) in [5.74, 6) is 0.994. The number of aliphatic hydroxyl groups is 1. The fourth-order valence-electron chi connectivity index (χ4n) is 2.19. The first-order chi connectivity index (χ1) is 9.03. The van der Waals surface area contributed by atoms with Crippen LogP contribution in [-0.4, -0.2) is 43.8 Å². The largest absolute Gasteiger partial charge is 0.394 e. The van der Waals surface area contributed by atoms with Gasteiger partial charge in [0.25, 0.3) is 0 Å². The topological polar surface area (TPSA) is 63.0 Å². The van der Waals surface area contributed by atoms with E-state index in [1.807, 2.05) is 7.05 Å². The molecule has 0 radical (unpaired) electrons. The molecule has 0 aromatic carbocycles. The third kappa shape index (κ3) is 5.12. The van der Waals surface area contributed by atoms with Crippen LogP contribution in [0.3, 0.4) is 0 Å². The molecule has 1 rings (SSSR count). The van der Waals surface area contributed by atoms with E-state index in [-0.39, 0.29) is 12.1 Å². The van der Waals surface area contributed by atoms with Gasteiger partial charge in [-0.2, -0.15) is 5.10 Å². The molecule has 6 heteroatoms. The van der Waals surface area contributed by atoms with Crippen LogP contribution >= 0.6 is 11.8 Å². The van der Waals surface area contributed by atoms with E-state index < -0.39 is 0 Å². The summed E-state index contributed by atoms with van der Waals surface area (Å²) in [6, 6.07) is 0.387. The Labute approximate surface area is 120 Å². The van der Waals surface area contributed by atoms with Crippen LogP contribution < -0.4 is 5.32 Å². The summed E-state index contributed by atoms with van der Waals surface area (Å²) in [6.45, 7) is 6.56. The number of aryl methyl sites for hydroxylation is 1. The van der Waals surface area contributed by atoms with E-state index in [1.165, 1.54) is 0 Å². The van der Waals surface area contributed by atoms with Crippen LogP contribution in [0, 0.1) is 0 Å². The van der Waals surface area contributed by atoms with Crippen LogP contribution in [0.4, 0.5) is 0 Å². The molecule has 0 bridgehead atoms. The minimum atomic E-state index is -0.144. The summed E-state index contributed by atoms with van der Waals surface area (Å²) in [4.78, 5) is 4.19. The molecule has 0 aliphatic heterocycles. The molecule has 0 saturated heterocycles. The van der Waals surface area contributed by atoms with E-state index in [1.54, 1.807) is 22.8 Å². The van der Waals surface area contributed by atoms with Crippen molar-refractivity contribution in [3.8, 4) is 0 Å². The minimum absolute atomic E-state index is 0.144. The molecule has 0 aliphatic carbocycles. The Morgan fingerprint density at radius 2 is 2.26 bits per heavy atom. The molecule has 110 valence electrons. The lowest BCUT2D eigenvalue weighted by atomic mass is 9.91. The molecule has 0 saturated carbocycles. The van der Waals surface area contributed by atoms with Crippen molar-refractivity contribution in [3.05, 3.63) is 6.33 Å². The number of aliphatic hydroxyl groups excluding tert-OH is 1. The van der Waals surface area contributed by atoms with E-state index in [0.717, 1.165) is 30.2 Å². The van der Waals surface area contributed by atoms with E-state index in [9.17, 15) is 5.11 Å². The minimum Gasteiger partial charge on any atom is -0.394 e. The maximum atomic E-state index is 9.66. The zero-order valence-electron chi connectivity index (χ0n) is 12.4. The van der Waals surface area contributed by atoms with Gasteiger partial charge in [0.1, 0.15) is 6.33 Å². The zero-order valence-corrected chi connectivity index (χ0v) is 13.2. The first kappa shape index (κ1) is 16.5. The number of rotatable bonds is 9. The smallest absolute Gasteiger partial charge is 0.185 e. The summed E-state index contributed by atoms with van der Waals surface area (Å²) >= 11 is 1.71. The van der Waals surface area contributed by atoms with Gasteiger partial charge in [-0.1, -0.05) is 32.5 Å². The van der Waals surface area contributed by atoms with Gasteiger partial charge in [0.2, 0.25) is 0 Å². The summed E-state index contributed by atoms with van der Waals surface area (Å²) in [5.41, 5.74) is -0.144. The normalized spacial score (nSPS) is 14.8. The van der Waals surface area contributed by atoms with Gasteiger partial charge in [-0.15, -0.1) is 0 Å². The van der Waals surface area contributed by atoms with Gasteiger partial charge in [-0.05, 0) is 19.3 Å². The van der Waals surface area contributed by atoms with Gasteiger partial charge in [-0.3, -0.25) is 0 Å². The number of hydrogen-bond donors (Lipinski definition) is 2. The van der Waals surface area contributed by atoms with Crippen molar-refractivity contribution in [3.63, 3.8) is 0 Å². The summed E-state index contributed by atoms with van der Waals surface area (Å²) in [7, 11) is 1.90. The number of thioether (sulfide) groups is 1. The van der Waals surface area contributed by atoms with E-state index in [2.05, 4.69) is 36.2 Å². The summed E-state index contributed by atoms with van der Waals surface area (Å²) in [5, 5.41) is 18.2. The van der Waals surface area contributed by atoms with E-state index in [4.69, 9.17) is 0 Å². The molecule has 2 N–H and O–H groups in total. The van der Waals surface area contributed by atoms with Crippen molar-refractivity contribution in [1.29, 1.82) is 0 Å². The van der Waals surface area contributed by atoms with E-state index in [0.29, 0.717) is 6.04 Å². The summed E-state index contributed by atoms with van der Waals surface area (Å²) in [6.07, 6.45) is 4.54. The fourth-order valence-corrected chi connectivity index (χ4v) is 3.02. The van der Waals surface area contributed by atoms with Gasteiger partial charge >= 0.3 is 0 Å². The van der Waals surface area contributed by atoms with Crippen LogP contribution in [-0.2, 0) is 7.05 Å². The zero-order chi connectivity index (χ0) is 14.3. The Morgan fingerprint density at radius 3 is 2.74 bits per heavy atom. The van der Waals surface area contributed by atoms with Crippen LogP contribution in [0.1, 0.15) is 40.0 Å². The first-order valence-corrected chi connectivity index (χ1v) is 7.87. The van der Waals surface area contributed by atoms with Gasteiger partial charge in [-0.25, -0.2) is 9.67 Å². The SMILES string of the molecule is CCC(CO)(CCCSc1ncnn1C)NC(C)C. The number of aromatic nitrogens is 3. The monoisotopic (exact) mass is 286 g/mol. The molecule has 5 nitrogen and oxygen atoms in total. The molecular formula is C13H26N4OS. The van der Waals surface area contributed by atoms with E-state index >= 15 is 0 Å². The lowest BCUT2D eigenvalue weighted by Gasteiger charge is -2.34. The first-order valence-electron chi connectivity index (χ1n) is 6.88. The van der Waals surface area contributed by atoms with Gasteiger partial charge in [0.15, 0.2) is 5.16 Å². The molecule has 1 aromatic heterocycles. The molecule has 0 fully saturated rings. The quantitative estimate of drug-likeness (QED) is 0.535. The van der Waals surface area contributed by atoms with Crippen LogP contribution in [0.15, 0.2) is 11.5 Å². The number of nitrogens with zero attached hydrogens (tertiary/aromatic N) is 3. The Balaban J connectivity index is 2.38. The van der Waals surface area contributed by atoms with Gasteiger partial charge in [0.05, 0.1) is 6.61 Å². The second kappa shape index (κ2) is 7.87. The maximum Gasteiger partial charge on any atom is 0.185 e. The fraction of sp³-hybridized carbons (Fsp3) is 0.846. The molecule has 1 heterocycles. The Kier molecular flexibility index (Phi) is 6.82. The van der Waals surface area contributed by atoms with Crippen molar-refractivity contribution in [1.82, 2.24) is 20.1 Å². The predicted molar refractivity (Wildman–Crippen MR) is 79.3 cm³/mol. The highest BCUT2D eigenvalue weighted by Crippen LogP contribution is 2.22. The van der Waals surface area contributed by atoms with Gasteiger partial charge < -0.3 is 10.4 Å². The highest BCUT2D eigenvalue weighted by atomic mass is 32.2. The molecule has 0 amide bonds. The third-order valence-electron chi connectivity index (χ3n) is 3.27. The second-order valence-electron chi connectivity index (χ2n) is 5.21. The lowest BCUT2D eigenvalue weighted by Crippen LogP contribution is -2.51. The average Bonchev–Trinajstić information content (AvgIpc) is 2.78. The highest BCUT2D eigenvalue weighted by Gasteiger charge is 2.27. The summed E-state index contributed by atoms with van der Waals surface area (Å²) < 4.78 is 1.79. The van der Waals surface area contributed by atoms with Gasteiger partial charge in [0, 0.05) is 24.4 Å². The maximum absolute atomic E-state index is 9.66.